The minimum absolute atomic E-state index is 0.281. The average molecular weight is 446 g/mol. The van der Waals surface area contributed by atoms with Gasteiger partial charge in [0.15, 0.2) is 0 Å². The molecule has 0 aliphatic heterocycles. The van der Waals surface area contributed by atoms with E-state index >= 15 is 0 Å². The van der Waals surface area contributed by atoms with Crippen molar-refractivity contribution in [1.82, 2.24) is 0 Å². The van der Waals surface area contributed by atoms with Crippen molar-refractivity contribution in [3.63, 3.8) is 0 Å². The van der Waals surface area contributed by atoms with E-state index in [1.165, 1.54) is 0 Å². The van der Waals surface area contributed by atoms with Crippen LogP contribution in [0.2, 0.25) is 0 Å². The zero-order valence-corrected chi connectivity index (χ0v) is 15.1. The molecule has 3 aromatic rings. The largest absolute Gasteiger partial charge is 0.418 e. The highest BCUT2D eigenvalue weighted by molar-refractivity contribution is 6.04. The van der Waals surface area contributed by atoms with Crippen LogP contribution in [0, 0.1) is 29.1 Å². The smallest absolute Gasteiger partial charge is 0.353 e. The van der Waals surface area contributed by atoms with Crippen molar-refractivity contribution in [2.75, 3.05) is 10.6 Å². The monoisotopic (exact) mass is 446 g/mol. The second kappa shape index (κ2) is 8.25. The van der Waals surface area contributed by atoms with E-state index in [4.69, 9.17) is 0 Å². The number of halogens is 8. The van der Waals surface area contributed by atoms with Crippen LogP contribution < -0.4 is 10.6 Å². The van der Waals surface area contributed by atoms with Gasteiger partial charge in [-0.05, 0) is 36.4 Å². The van der Waals surface area contributed by atoms with Crippen LogP contribution in [0.4, 0.5) is 52.2 Å². The number of nitrogens with one attached hydrogen (secondary N) is 2. The molecule has 0 aliphatic carbocycles. The number of hydrogen-bond donors (Lipinski definition) is 2. The van der Waals surface area contributed by atoms with Crippen LogP contribution in [0.15, 0.2) is 48.5 Å². The highest BCUT2D eigenvalue weighted by Gasteiger charge is 2.34. The zero-order valence-electron chi connectivity index (χ0n) is 15.1. The Labute approximate surface area is 169 Å². The molecule has 0 aliphatic rings. The van der Waals surface area contributed by atoms with Gasteiger partial charge in [-0.3, -0.25) is 4.79 Å². The summed E-state index contributed by atoms with van der Waals surface area (Å²) in [5, 5.41) is 4.10. The number of amides is 1. The van der Waals surface area contributed by atoms with Gasteiger partial charge in [0.2, 0.25) is 0 Å². The Kier molecular flexibility index (Phi) is 5.87. The minimum atomic E-state index is -4.84. The first-order valence-corrected chi connectivity index (χ1v) is 8.35. The average Bonchev–Trinajstić information content (AvgIpc) is 2.62. The third-order valence-corrected chi connectivity index (χ3v) is 4.02. The van der Waals surface area contributed by atoms with Crippen molar-refractivity contribution < 1.29 is 39.9 Å². The predicted molar refractivity (Wildman–Crippen MR) is 95.4 cm³/mol. The number of benzene rings is 3. The minimum Gasteiger partial charge on any atom is -0.353 e. The summed E-state index contributed by atoms with van der Waals surface area (Å²) in [6.45, 7) is 0. The number of hydrogen-bond acceptors (Lipinski definition) is 2. The SMILES string of the molecule is O=C(Nc1ccc(Nc2cc(F)ccc2C(F)(F)F)c(F)c1)c1c(F)cc(F)cc1F. The molecule has 0 fully saturated rings. The predicted octanol–water partition coefficient (Wildman–Crippen LogP) is 6.40. The van der Waals surface area contributed by atoms with Crippen LogP contribution in [0.1, 0.15) is 15.9 Å². The fourth-order valence-corrected chi connectivity index (χ4v) is 2.66. The van der Waals surface area contributed by atoms with E-state index in [9.17, 15) is 39.9 Å². The Bertz CT molecular complexity index is 1140. The molecular weight excluding hydrogens is 436 g/mol. The molecule has 0 saturated heterocycles. The molecule has 0 spiro atoms. The molecule has 1 amide bonds. The van der Waals surface area contributed by atoms with E-state index < -0.39 is 63.7 Å². The van der Waals surface area contributed by atoms with Gasteiger partial charge < -0.3 is 10.6 Å². The second-order valence-corrected chi connectivity index (χ2v) is 6.21. The summed E-state index contributed by atoms with van der Waals surface area (Å²) in [5.74, 6) is -7.72. The van der Waals surface area contributed by atoms with Gasteiger partial charge in [-0.15, -0.1) is 0 Å². The van der Waals surface area contributed by atoms with E-state index in [-0.39, 0.29) is 17.8 Å². The number of anilines is 3. The summed E-state index contributed by atoms with van der Waals surface area (Å²) in [5.41, 5.74) is -3.90. The normalized spacial score (nSPS) is 11.4. The first kappa shape index (κ1) is 22.1. The maximum Gasteiger partial charge on any atom is 0.418 e. The van der Waals surface area contributed by atoms with E-state index in [0.29, 0.717) is 24.3 Å². The van der Waals surface area contributed by atoms with Gasteiger partial charge >= 0.3 is 6.18 Å². The highest BCUT2D eigenvalue weighted by Crippen LogP contribution is 2.37. The van der Waals surface area contributed by atoms with Crippen molar-refractivity contribution >= 4 is 23.0 Å². The Balaban J connectivity index is 1.85. The molecule has 0 radical (unpaired) electrons. The molecule has 0 saturated carbocycles. The van der Waals surface area contributed by atoms with Gasteiger partial charge in [0.25, 0.3) is 5.91 Å². The van der Waals surface area contributed by atoms with Crippen LogP contribution in [-0.2, 0) is 6.18 Å². The molecule has 3 rings (SSSR count). The van der Waals surface area contributed by atoms with Gasteiger partial charge in [-0.1, -0.05) is 0 Å². The summed E-state index contributed by atoms with van der Waals surface area (Å²) >= 11 is 0. The van der Waals surface area contributed by atoms with Gasteiger partial charge in [-0.25, -0.2) is 22.0 Å². The molecule has 3 aromatic carbocycles. The first-order chi connectivity index (χ1) is 14.5. The third kappa shape index (κ3) is 4.93. The molecule has 2 N–H and O–H groups in total. The fraction of sp³-hybridized carbons (Fsp3) is 0.0500. The van der Waals surface area contributed by atoms with Gasteiger partial charge in [0, 0.05) is 17.8 Å². The molecule has 162 valence electrons. The quantitative estimate of drug-likeness (QED) is 0.456. The van der Waals surface area contributed by atoms with Crippen LogP contribution >= 0.6 is 0 Å². The number of alkyl halides is 3. The van der Waals surface area contributed by atoms with Gasteiger partial charge in [-0.2, -0.15) is 13.2 Å². The molecule has 31 heavy (non-hydrogen) atoms. The maximum absolute atomic E-state index is 14.3. The highest BCUT2D eigenvalue weighted by atomic mass is 19.4. The third-order valence-electron chi connectivity index (χ3n) is 4.02. The topological polar surface area (TPSA) is 41.1 Å². The van der Waals surface area contributed by atoms with Crippen LogP contribution in [0.3, 0.4) is 0 Å². The van der Waals surface area contributed by atoms with Crippen LogP contribution in [0.25, 0.3) is 0 Å². The lowest BCUT2D eigenvalue weighted by molar-refractivity contribution is -0.136. The summed E-state index contributed by atoms with van der Waals surface area (Å²) < 4.78 is 107. The number of rotatable bonds is 4. The summed E-state index contributed by atoms with van der Waals surface area (Å²) in [7, 11) is 0. The molecule has 0 aromatic heterocycles. The fourth-order valence-electron chi connectivity index (χ4n) is 2.66. The Morgan fingerprint density at radius 3 is 1.94 bits per heavy atom. The Morgan fingerprint density at radius 2 is 1.35 bits per heavy atom. The second-order valence-electron chi connectivity index (χ2n) is 6.21. The molecule has 0 atom stereocenters. The van der Waals surface area contributed by atoms with E-state index in [1.54, 1.807) is 0 Å². The van der Waals surface area contributed by atoms with Gasteiger partial charge in [0.1, 0.15) is 34.6 Å². The first-order valence-electron chi connectivity index (χ1n) is 8.35. The number of carbonyl (C=O) groups excluding carboxylic acids is 1. The lowest BCUT2D eigenvalue weighted by Crippen LogP contribution is -2.16. The Morgan fingerprint density at radius 1 is 0.710 bits per heavy atom. The zero-order chi connectivity index (χ0) is 22.9. The van der Waals surface area contributed by atoms with E-state index in [2.05, 4.69) is 5.32 Å². The summed E-state index contributed by atoms with van der Waals surface area (Å²) in [6, 6.07) is 4.77. The summed E-state index contributed by atoms with van der Waals surface area (Å²) in [4.78, 5) is 12.0. The number of carbonyl (C=O) groups is 1. The van der Waals surface area contributed by atoms with E-state index in [1.807, 2.05) is 5.32 Å². The van der Waals surface area contributed by atoms with Crippen LogP contribution in [0.5, 0.6) is 0 Å². The van der Waals surface area contributed by atoms with Crippen molar-refractivity contribution in [2.45, 2.75) is 6.18 Å². The standard InChI is InChI=1S/C20H10F8N2O/c21-9-1-3-12(20(26,27)28)17(7-9)30-16-4-2-11(8-13(16)23)29-19(31)18-14(24)5-10(22)6-15(18)25/h1-8,30H,(H,29,31). The Hall–Kier alpha value is -3.63. The van der Waals surface area contributed by atoms with Gasteiger partial charge in [0.05, 0.1) is 16.9 Å². The van der Waals surface area contributed by atoms with Crippen molar-refractivity contribution in [1.29, 1.82) is 0 Å². The summed E-state index contributed by atoms with van der Waals surface area (Å²) in [6.07, 6.45) is -4.84. The molecule has 3 nitrogen and oxygen atoms in total. The molecule has 0 unspecified atom stereocenters. The van der Waals surface area contributed by atoms with E-state index in [0.717, 1.165) is 12.1 Å². The molecular formula is C20H10F8N2O. The van der Waals surface area contributed by atoms with Crippen molar-refractivity contribution in [2.24, 2.45) is 0 Å². The molecule has 0 heterocycles. The van der Waals surface area contributed by atoms with Crippen molar-refractivity contribution in [3.05, 3.63) is 88.7 Å². The van der Waals surface area contributed by atoms with Crippen LogP contribution in [-0.4, -0.2) is 5.91 Å². The maximum atomic E-state index is 14.3. The molecule has 0 bridgehead atoms. The lowest BCUT2D eigenvalue weighted by Gasteiger charge is -2.16. The molecule has 11 heteroatoms. The van der Waals surface area contributed by atoms with Crippen molar-refractivity contribution in [3.8, 4) is 0 Å². The lowest BCUT2D eigenvalue weighted by atomic mass is 10.1.